The van der Waals surface area contributed by atoms with Gasteiger partial charge in [0.1, 0.15) is 17.2 Å². The van der Waals surface area contributed by atoms with Gasteiger partial charge in [-0.25, -0.2) is 0 Å². The third-order valence-electron chi connectivity index (χ3n) is 7.85. The molecule has 2 aromatic rings. The van der Waals surface area contributed by atoms with E-state index in [1.165, 1.54) is 51.4 Å². The molecule has 2 rings (SSSR count). The van der Waals surface area contributed by atoms with E-state index in [-0.39, 0.29) is 18.0 Å². The van der Waals surface area contributed by atoms with Crippen molar-refractivity contribution in [1.82, 2.24) is 10.6 Å². The molecule has 0 saturated heterocycles. The number of halogens is 4. The first-order chi connectivity index (χ1) is 23.0. The van der Waals surface area contributed by atoms with Gasteiger partial charge in [0.15, 0.2) is 0 Å². The van der Waals surface area contributed by atoms with Crippen molar-refractivity contribution in [3.8, 4) is 11.5 Å². The molecule has 2 amide bonds. The van der Waals surface area contributed by atoms with Crippen LogP contribution in [0.1, 0.15) is 102 Å². The van der Waals surface area contributed by atoms with Crippen LogP contribution in [0, 0.1) is 5.92 Å². The second-order valence-corrected chi connectivity index (χ2v) is 15.8. The Morgan fingerprint density at radius 3 is 1.85 bits per heavy atom. The van der Waals surface area contributed by atoms with Crippen molar-refractivity contribution in [3.05, 3.63) is 53.3 Å². The molecule has 0 aromatic heterocycles. The van der Waals surface area contributed by atoms with E-state index >= 15 is 0 Å². The van der Waals surface area contributed by atoms with Crippen molar-refractivity contribution in [2.24, 2.45) is 11.1 Å². The van der Waals surface area contributed by atoms with Gasteiger partial charge in [-0.1, -0.05) is 76.8 Å². The largest absolute Gasteiger partial charge is 0.494 e. The van der Waals surface area contributed by atoms with Gasteiger partial charge in [-0.15, -0.1) is 0 Å². The van der Waals surface area contributed by atoms with E-state index < -0.39 is 5.91 Å². The third kappa shape index (κ3) is 16.9. The Bertz CT molecular complexity index is 1280. The standard InChI is InChI=1S/C36H51Br4N3O5/c1-25(2)14-11-9-7-5-4-6-8-10-12-15-33(44)41-17-13-19-48-35-30(39)20-26(21-31(35)40)16-18-42-36(45)32(43-46)24-27-22-28(37)34(47-3)29(38)23-27/h20-23,25,46H,4-19,24H2,1-3H3,(H,41,44)(H,42,45)/b43-32+. The summed E-state index contributed by atoms with van der Waals surface area (Å²) in [7, 11) is 1.57. The maximum absolute atomic E-state index is 12.7. The Balaban J connectivity index is 1.61. The van der Waals surface area contributed by atoms with Crippen LogP contribution in [0.2, 0.25) is 0 Å². The minimum atomic E-state index is -0.445. The molecule has 0 bridgehead atoms. The first-order valence-electron chi connectivity index (χ1n) is 16.9. The summed E-state index contributed by atoms with van der Waals surface area (Å²) in [6, 6.07) is 7.54. The zero-order chi connectivity index (χ0) is 35.3. The lowest BCUT2D eigenvalue weighted by Crippen LogP contribution is -2.33. The fraction of sp³-hybridized carbons (Fsp3) is 0.583. The molecule has 0 heterocycles. The van der Waals surface area contributed by atoms with Gasteiger partial charge in [-0.3, -0.25) is 9.59 Å². The van der Waals surface area contributed by atoms with Gasteiger partial charge in [0.2, 0.25) is 5.91 Å². The van der Waals surface area contributed by atoms with E-state index in [4.69, 9.17) is 9.47 Å². The Morgan fingerprint density at radius 1 is 0.750 bits per heavy atom. The highest BCUT2D eigenvalue weighted by molar-refractivity contribution is 9.11. The van der Waals surface area contributed by atoms with Crippen LogP contribution in [-0.4, -0.2) is 49.5 Å². The van der Waals surface area contributed by atoms with Crippen molar-refractivity contribution in [2.45, 2.75) is 104 Å². The third-order valence-corrected chi connectivity index (χ3v) is 10.2. The van der Waals surface area contributed by atoms with E-state index in [1.807, 2.05) is 24.3 Å². The number of carbonyl (C=O) groups is 2. The summed E-state index contributed by atoms with van der Waals surface area (Å²) in [4.78, 5) is 24.9. The quantitative estimate of drug-likeness (QED) is 0.0421. The van der Waals surface area contributed by atoms with Crippen LogP contribution in [0.15, 0.2) is 47.3 Å². The molecule has 12 heteroatoms. The van der Waals surface area contributed by atoms with Crippen molar-refractivity contribution >= 4 is 81.2 Å². The minimum Gasteiger partial charge on any atom is -0.494 e. The number of oxime groups is 1. The van der Waals surface area contributed by atoms with Crippen LogP contribution in [0.5, 0.6) is 11.5 Å². The van der Waals surface area contributed by atoms with E-state index in [1.54, 1.807) is 7.11 Å². The maximum atomic E-state index is 12.7. The summed E-state index contributed by atoms with van der Waals surface area (Å²) in [5, 5.41) is 18.5. The number of carbonyl (C=O) groups excluding carboxylic acids is 2. The molecule has 48 heavy (non-hydrogen) atoms. The lowest BCUT2D eigenvalue weighted by atomic mass is 10.0. The van der Waals surface area contributed by atoms with E-state index in [9.17, 15) is 14.8 Å². The van der Waals surface area contributed by atoms with Gasteiger partial charge in [0, 0.05) is 25.9 Å². The average molecular weight is 925 g/mol. The summed E-state index contributed by atoms with van der Waals surface area (Å²) in [5.41, 5.74) is 1.76. The number of rotatable bonds is 24. The van der Waals surface area contributed by atoms with Crippen LogP contribution >= 0.6 is 63.7 Å². The predicted molar refractivity (Wildman–Crippen MR) is 209 cm³/mol. The number of unbranched alkanes of at least 4 members (excludes halogenated alkanes) is 8. The summed E-state index contributed by atoms with van der Waals surface area (Å²) in [5.74, 6) is 1.82. The summed E-state index contributed by atoms with van der Waals surface area (Å²) >= 11 is 14.1. The van der Waals surface area contributed by atoms with Crippen LogP contribution in [-0.2, 0) is 22.4 Å². The molecule has 0 aliphatic carbocycles. The van der Waals surface area contributed by atoms with E-state index in [0.717, 1.165) is 47.8 Å². The fourth-order valence-electron chi connectivity index (χ4n) is 5.22. The van der Waals surface area contributed by atoms with Gasteiger partial charge in [0.25, 0.3) is 5.91 Å². The lowest BCUT2D eigenvalue weighted by Gasteiger charge is -2.13. The maximum Gasteiger partial charge on any atom is 0.269 e. The van der Waals surface area contributed by atoms with Crippen LogP contribution in [0.25, 0.3) is 0 Å². The van der Waals surface area contributed by atoms with Gasteiger partial charge in [-0.2, -0.15) is 0 Å². The number of nitrogens with zero attached hydrogens (tertiary/aromatic N) is 1. The Kier molecular flexibility index (Phi) is 21.7. The Hall–Kier alpha value is -1.63. The zero-order valence-electron chi connectivity index (χ0n) is 28.4. The number of amides is 2. The monoisotopic (exact) mass is 921 g/mol. The second-order valence-electron chi connectivity index (χ2n) is 12.4. The van der Waals surface area contributed by atoms with Gasteiger partial charge in [0.05, 0.1) is 31.6 Å². The lowest BCUT2D eigenvalue weighted by molar-refractivity contribution is -0.121. The molecule has 0 radical (unpaired) electrons. The van der Waals surface area contributed by atoms with Gasteiger partial charge in [-0.05, 0) is 124 Å². The number of ether oxygens (including phenoxy) is 2. The number of methoxy groups -OCH3 is 1. The topological polar surface area (TPSA) is 109 Å². The molecule has 0 aliphatic rings. The number of hydrogen-bond donors (Lipinski definition) is 3. The van der Waals surface area contributed by atoms with Gasteiger partial charge < -0.3 is 25.3 Å². The first kappa shape index (κ1) is 42.5. The molecule has 268 valence electrons. The minimum absolute atomic E-state index is 0.00476. The molecular weight excluding hydrogens is 874 g/mol. The second kappa shape index (κ2) is 24.5. The SMILES string of the molecule is COc1c(Br)cc(C/C(=N\O)C(=O)NCCc2cc(Br)c(OCCCNC(=O)CCCCCCCCCCCC(C)C)c(Br)c2)cc1Br. The molecule has 0 atom stereocenters. The smallest absolute Gasteiger partial charge is 0.269 e. The van der Waals surface area contributed by atoms with Crippen molar-refractivity contribution < 1.29 is 24.3 Å². The number of benzene rings is 2. The molecule has 0 fully saturated rings. The fourth-order valence-corrected chi connectivity index (χ4v) is 8.33. The normalized spacial score (nSPS) is 11.5. The molecule has 3 N–H and O–H groups in total. The molecule has 0 aliphatic heterocycles. The summed E-state index contributed by atoms with van der Waals surface area (Å²) in [6.45, 7) is 5.99. The van der Waals surface area contributed by atoms with Crippen LogP contribution in [0.3, 0.4) is 0 Å². The molecular formula is C36H51Br4N3O5. The van der Waals surface area contributed by atoms with Crippen LogP contribution in [0.4, 0.5) is 0 Å². The van der Waals surface area contributed by atoms with E-state index in [2.05, 4.69) is 93.4 Å². The first-order valence-corrected chi connectivity index (χ1v) is 20.1. The average Bonchev–Trinajstić information content (AvgIpc) is 3.03. The highest BCUT2D eigenvalue weighted by Crippen LogP contribution is 2.36. The van der Waals surface area contributed by atoms with Crippen LogP contribution < -0.4 is 20.1 Å². The van der Waals surface area contributed by atoms with E-state index in [0.29, 0.717) is 50.5 Å². The van der Waals surface area contributed by atoms with Crippen molar-refractivity contribution in [3.63, 3.8) is 0 Å². The Labute approximate surface area is 320 Å². The van der Waals surface area contributed by atoms with Crippen molar-refractivity contribution in [1.29, 1.82) is 0 Å². The van der Waals surface area contributed by atoms with Gasteiger partial charge >= 0.3 is 0 Å². The summed E-state index contributed by atoms with van der Waals surface area (Å²) < 4.78 is 14.3. The highest BCUT2D eigenvalue weighted by Gasteiger charge is 2.16. The molecule has 0 saturated carbocycles. The molecule has 0 unspecified atom stereocenters. The number of nitrogens with one attached hydrogen (secondary N) is 2. The Morgan fingerprint density at radius 2 is 1.29 bits per heavy atom. The van der Waals surface area contributed by atoms with Crippen molar-refractivity contribution in [2.75, 3.05) is 26.8 Å². The highest BCUT2D eigenvalue weighted by atomic mass is 79.9. The molecule has 0 spiro atoms. The predicted octanol–water partition coefficient (Wildman–Crippen LogP) is 10.3. The number of hydrogen-bond acceptors (Lipinski definition) is 6. The summed E-state index contributed by atoms with van der Waals surface area (Å²) in [6.07, 6.45) is 14.6. The molecule has 8 nitrogen and oxygen atoms in total. The zero-order valence-corrected chi connectivity index (χ0v) is 34.8. The molecule has 2 aromatic carbocycles.